The van der Waals surface area contributed by atoms with Gasteiger partial charge in [0, 0.05) is 24.3 Å². The van der Waals surface area contributed by atoms with Crippen molar-refractivity contribution in [3.8, 4) is 11.5 Å². The Morgan fingerprint density at radius 3 is 2.76 bits per heavy atom. The van der Waals surface area contributed by atoms with E-state index in [1.54, 1.807) is 18.2 Å². The number of thioether (sulfide) groups is 1. The van der Waals surface area contributed by atoms with Gasteiger partial charge in [0.25, 0.3) is 5.91 Å². The number of hydrogen-bond donors (Lipinski definition) is 2. The lowest BCUT2D eigenvalue weighted by molar-refractivity contribution is -0.133. The maximum absolute atomic E-state index is 12.0. The normalized spacial score (nSPS) is 13.3. The highest BCUT2D eigenvalue weighted by atomic mass is 32.2. The van der Waals surface area contributed by atoms with E-state index in [2.05, 4.69) is 5.32 Å². The predicted octanol–water partition coefficient (Wildman–Crippen LogP) is 1.40. The Morgan fingerprint density at radius 1 is 1.24 bits per heavy atom. The topological polar surface area (TPSA) is 84.9 Å². The van der Waals surface area contributed by atoms with Crippen molar-refractivity contribution in [3.63, 3.8) is 0 Å². The molecule has 0 atom stereocenters. The molecule has 0 saturated heterocycles. The van der Waals surface area contributed by atoms with Gasteiger partial charge in [0.05, 0.1) is 19.0 Å². The molecule has 114 valence electrons. The van der Waals surface area contributed by atoms with Crippen LogP contribution < -0.4 is 14.8 Å². The summed E-state index contributed by atoms with van der Waals surface area (Å²) in [5.74, 6) is 0.778. The second-order valence-corrected chi connectivity index (χ2v) is 5.52. The summed E-state index contributed by atoms with van der Waals surface area (Å²) in [6, 6.07) is 5.09. The first kappa shape index (κ1) is 15.5. The number of amides is 1. The van der Waals surface area contributed by atoms with Crippen molar-refractivity contribution >= 4 is 23.6 Å². The van der Waals surface area contributed by atoms with Crippen LogP contribution in [0.5, 0.6) is 11.5 Å². The average Bonchev–Trinajstić information content (AvgIpc) is 2.70. The third-order valence-corrected chi connectivity index (χ3v) is 3.71. The number of fused-ring (bicyclic) bond motifs is 1. The highest BCUT2D eigenvalue weighted by Gasteiger charge is 2.13. The lowest BCUT2D eigenvalue weighted by Gasteiger charge is -2.09. The third kappa shape index (κ3) is 4.86. The van der Waals surface area contributed by atoms with Crippen molar-refractivity contribution in [3.05, 3.63) is 23.8 Å². The Bertz CT molecular complexity index is 520. The van der Waals surface area contributed by atoms with Gasteiger partial charge in [0.2, 0.25) is 0 Å². The van der Waals surface area contributed by atoms with E-state index in [1.807, 2.05) is 0 Å². The predicted molar refractivity (Wildman–Crippen MR) is 79.3 cm³/mol. The summed E-state index contributed by atoms with van der Waals surface area (Å²) in [5, 5.41) is 11.2. The molecule has 1 heterocycles. The number of rotatable bonds is 6. The number of nitrogens with one attached hydrogen (secondary N) is 1. The van der Waals surface area contributed by atoms with Crippen molar-refractivity contribution < 1.29 is 24.2 Å². The Balaban J connectivity index is 1.85. The first-order valence-corrected chi connectivity index (χ1v) is 7.79. The number of carboxylic acids is 1. The molecule has 6 nitrogen and oxygen atoms in total. The Morgan fingerprint density at radius 2 is 2.00 bits per heavy atom. The van der Waals surface area contributed by atoms with Crippen molar-refractivity contribution in [1.29, 1.82) is 0 Å². The van der Waals surface area contributed by atoms with Crippen LogP contribution in [0.15, 0.2) is 18.2 Å². The molecule has 0 fully saturated rings. The van der Waals surface area contributed by atoms with E-state index in [9.17, 15) is 9.59 Å². The summed E-state index contributed by atoms with van der Waals surface area (Å²) < 4.78 is 11.0. The fraction of sp³-hybridized carbons (Fsp3) is 0.429. The average molecular weight is 311 g/mol. The Labute approximate surface area is 126 Å². The molecule has 0 unspecified atom stereocenters. The number of carbonyl (C=O) groups is 2. The smallest absolute Gasteiger partial charge is 0.313 e. The molecule has 0 aromatic heterocycles. The summed E-state index contributed by atoms with van der Waals surface area (Å²) in [6.45, 7) is 1.61. The molecular weight excluding hydrogens is 294 g/mol. The SMILES string of the molecule is O=C(O)CSCCNC(=O)c1ccc2c(c1)OCCCO2. The van der Waals surface area contributed by atoms with Crippen molar-refractivity contribution in [1.82, 2.24) is 5.32 Å². The second-order valence-electron chi connectivity index (χ2n) is 4.41. The second kappa shape index (κ2) is 7.78. The van der Waals surface area contributed by atoms with Crippen LogP contribution in [-0.2, 0) is 4.79 Å². The quantitative estimate of drug-likeness (QED) is 0.772. The zero-order valence-corrected chi connectivity index (χ0v) is 12.3. The van der Waals surface area contributed by atoms with Gasteiger partial charge in [0.1, 0.15) is 0 Å². The maximum Gasteiger partial charge on any atom is 0.313 e. The zero-order chi connectivity index (χ0) is 15.1. The van der Waals surface area contributed by atoms with Crippen LogP contribution in [-0.4, -0.2) is 48.2 Å². The first-order valence-electron chi connectivity index (χ1n) is 6.64. The summed E-state index contributed by atoms with van der Waals surface area (Å²) >= 11 is 1.27. The van der Waals surface area contributed by atoms with Gasteiger partial charge in [-0.15, -0.1) is 11.8 Å². The Kier molecular flexibility index (Phi) is 5.74. The molecule has 21 heavy (non-hydrogen) atoms. The highest BCUT2D eigenvalue weighted by Crippen LogP contribution is 2.30. The Hall–Kier alpha value is -1.89. The lowest BCUT2D eigenvalue weighted by Crippen LogP contribution is -2.26. The molecule has 2 N–H and O–H groups in total. The minimum atomic E-state index is -0.853. The summed E-state index contributed by atoms with van der Waals surface area (Å²) in [6.07, 6.45) is 0.816. The molecule has 0 aliphatic carbocycles. The van der Waals surface area contributed by atoms with E-state index in [4.69, 9.17) is 14.6 Å². The molecule has 0 bridgehead atoms. The number of carbonyl (C=O) groups excluding carboxylic acids is 1. The van der Waals surface area contributed by atoms with Gasteiger partial charge in [-0.3, -0.25) is 9.59 Å². The first-order chi connectivity index (χ1) is 10.2. The van der Waals surface area contributed by atoms with E-state index in [0.29, 0.717) is 42.6 Å². The molecule has 2 rings (SSSR count). The van der Waals surface area contributed by atoms with Gasteiger partial charge >= 0.3 is 5.97 Å². The van der Waals surface area contributed by atoms with Crippen LogP contribution in [0.4, 0.5) is 0 Å². The molecular formula is C14H17NO5S. The molecule has 0 radical (unpaired) electrons. The maximum atomic E-state index is 12.0. The minimum Gasteiger partial charge on any atom is -0.490 e. The van der Waals surface area contributed by atoms with Gasteiger partial charge in [-0.2, -0.15) is 0 Å². The van der Waals surface area contributed by atoms with E-state index in [0.717, 1.165) is 6.42 Å². The number of carboxylic acid groups (broad SMARTS) is 1. The summed E-state index contributed by atoms with van der Waals surface area (Å²) in [7, 11) is 0. The van der Waals surface area contributed by atoms with Gasteiger partial charge in [-0.05, 0) is 18.2 Å². The van der Waals surface area contributed by atoms with Crippen molar-refractivity contribution in [2.24, 2.45) is 0 Å². The van der Waals surface area contributed by atoms with E-state index >= 15 is 0 Å². The van der Waals surface area contributed by atoms with Crippen LogP contribution in [0, 0.1) is 0 Å². The highest BCUT2D eigenvalue weighted by molar-refractivity contribution is 7.99. The van der Waals surface area contributed by atoms with Crippen LogP contribution in [0.1, 0.15) is 16.8 Å². The van der Waals surface area contributed by atoms with Crippen molar-refractivity contribution in [2.75, 3.05) is 31.3 Å². The monoisotopic (exact) mass is 311 g/mol. The zero-order valence-electron chi connectivity index (χ0n) is 11.5. The van der Waals surface area contributed by atoms with E-state index < -0.39 is 5.97 Å². The number of aliphatic carboxylic acids is 1. The van der Waals surface area contributed by atoms with Gasteiger partial charge < -0.3 is 19.9 Å². The molecule has 1 amide bonds. The molecule has 1 aromatic carbocycles. The summed E-state index contributed by atoms with van der Waals surface area (Å²) in [4.78, 5) is 22.3. The number of benzene rings is 1. The molecule has 1 aliphatic rings. The van der Waals surface area contributed by atoms with Crippen molar-refractivity contribution in [2.45, 2.75) is 6.42 Å². The molecule has 1 aliphatic heterocycles. The van der Waals surface area contributed by atoms with Gasteiger partial charge in [-0.1, -0.05) is 0 Å². The fourth-order valence-electron chi connectivity index (χ4n) is 1.80. The van der Waals surface area contributed by atoms with Gasteiger partial charge in [-0.25, -0.2) is 0 Å². The van der Waals surface area contributed by atoms with Crippen LogP contribution >= 0.6 is 11.8 Å². The number of hydrogen-bond acceptors (Lipinski definition) is 5. The number of ether oxygens (including phenoxy) is 2. The molecule has 0 spiro atoms. The van der Waals surface area contributed by atoms with E-state index in [1.165, 1.54) is 11.8 Å². The lowest BCUT2D eigenvalue weighted by atomic mass is 10.2. The van der Waals surface area contributed by atoms with Gasteiger partial charge in [0.15, 0.2) is 11.5 Å². The van der Waals surface area contributed by atoms with E-state index in [-0.39, 0.29) is 11.7 Å². The van der Waals surface area contributed by atoms with Crippen LogP contribution in [0.25, 0.3) is 0 Å². The standard InChI is InChI=1S/C14H17NO5S/c16-13(17)9-21-7-4-15-14(18)10-2-3-11-12(8-10)20-6-1-5-19-11/h2-3,8H,1,4-7,9H2,(H,15,18)(H,16,17). The third-order valence-electron chi connectivity index (χ3n) is 2.77. The largest absolute Gasteiger partial charge is 0.490 e. The summed E-state index contributed by atoms with van der Waals surface area (Å²) in [5.41, 5.74) is 0.502. The fourth-order valence-corrected chi connectivity index (χ4v) is 2.37. The minimum absolute atomic E-state index is 0.0416. The molecule has 7 heteroatoms. The molecule has 0 saturated carbocycles. The molecule has 1 aromatic rings. The van der Waals surface area contributed by atoms with Crippen LogP contribution in [0.3, 0.4) is 0 Å². The van der Waals surface area contributed by atoms with Crippen LogP contribution in [0.2, 0.25) is 0 Å².